The van der Waals surface area contributed by atoms with Gasteiger partial charge in [0, 0.05) is 17.8 Å². The number of amides is 2. The number of aromatic nitrogens is 3. The monoisotopic (exact) mass is 477 g/mol. The SMILES string of the molecule is C=CCn1c(SCC(=O)Nc2ccc(C(C)C)cc2)nnc1[C@H](C)NC(=O)c1ccc(C)cc1. The molecule has 2 aromatic carbocycles. The zero-order valence-electron chi connectivity index (χ0n) is 20.0. The van der Waals surface area contributed by atoms with E-state index in [-0.39, 0.29) is 23.6 Å². The number of allylic oxidation sites excluding steroid dienone is 1. The first-order chi connectivity index (χ1) is 16.3. The number of hydrogen-bond acceptors (Lipinski definition) is 5. The number of aryl methyl sites for hydroxylation is 1. The van der Waals surface area contributed by atoms with Crippen molar-refractivity contribution in [1.82, 2.24) is 20.1 Å². The Hall–Kier alpha value is -3.39. The van der Waals surface area contributed by atoms with Gasteiger partial charge in [0.15, 0.2) is 11.0 Å². The summed E-state index contributed by atoms with van der Waals surface area (Å²) < 4.78 is 1.86. The van der Waals surface area contributed by atoms with Crippen LogP contribution < -0.4 is 10.6 Å². The quantitative estimate of drug-likeness (QED) is 0.313. The van der Waals surface area contributed by atoms with Crippen LogP contribution in [0.2, 0.25) is 0 Å². The highest BCUT2D eigenvalue weighted by molar-refractivity contribution is 7.99. The smallest absolute Gasteiger partial charge is 0.251 e. The van der Waals surface area contributed by atoms with Crippen molar-refractivity contribution in [2.75, 3.05) is 11.1 Å². The fourth-order valence-electron chi connectivity index (χ4n) is 3.36. The summed E-state index contributed by atoms with van der Waals surface area (Å²) in [5.74, 6) is 0.920. The van der Waals surface area contributed by atoms with Gasteiger partial charge >= 0.3 is 0 Å². The van der Waals surface area contributed by atoms with Gasteiger partial charge in [-0.2, -0.15) is 0 Å². The molecule has 0 aliphatic heterocycles. The third-order valence-electron chi connectivity index (χ3n) is 5.30. The highest BCUT2D eigenvalue weighted by Gasteiger charge is 2.20. The normalized spacial score (nSPS) is 11.8. The molecule has 0 aliphatic carbocycles. The number of anilines is 1. The van der Waals surface area contributed by atoms with Crippen molar-refractivity contribution in [3.8, 4) is 0 Å². The predicted octanol–water partition coefficient (Wildman–Crippen LogP) is 5.12. The lowest BCUT2D eigenvalue weighted by atomic mass is 10.0. The van der Waals surface area contributed by atoms with Gasteiger partial charge in [0.25, 0.3) is 5.91 Å². The Morgan fingerprint density at radius 2 is 1.74 bits per heavy atom. The molecule has 3 rings (SSSR count). The molecule has 178 valence electrons. The number of nitrogens with zero attached hydrogens (tertiary/aromatic N) is 3. The van der Waals surface area contributed by atoms with E-state index < -0.39 is 0 Å². The van der Waals surface area contributed by atoms with Crippen LogP contribution in [0.15, 0.2) is 66.3 Å². The van der Waals surface area contributed by atoms with Crippen molar-refractivity contribution in [2.45, 2.75) is 51.4 Å². The zero-order valence-corrected chi connectivity index (χ0v) is 20.9. The van der Waals surface area contributed by atoms with Crippen LogP contribution in [0.1, 0.15) is 60.0 Å². The number of rotatable bonds is 10. The standard InChI is InChI=1S/C26H31N5O2S/c1-6-15-31-24(19(5)27-25(33)21-9-7-18(4)8-10-21)29-30-26(31)34-16-23(32)28-22-13-11-20(12-14-22)17(2)3/h6-14,17,19H,1,15-16H2,2-5H3,(H,27,33)(H,28,32)/t19-/m0/s1. The molecular formula is C26H31N5O2S. The number of nitrogens with one attached hydrogen (secondary N) is 2. The van der Waals surface area contributed by atoms with Gasteiger partial charge in [-0.25, -0.2) is 0 Å². The second-order valence-corrected chi connectivity index (χ2v) is 9.36. The number of thioether (sulfide) groups is 1. The maximum Gasteiger partial charge on any atom is 0.251 e. The summed E-state index contributed by atoms with van der Waals surface area (Å²) in [7, 11) is 0. The van der Waals surface area contributed by atoms with E-state index in [0.29, 0.717) is 29.0 Å². The van der Waals surface area contributed by atoms with Gasteiger partial charge in [0.2, 0.25) is 5.91 Å². The Morgan fingerprint density at radius 1 is 1.06 bits per heavy atom. The van der Waals surface area contributed by atoms with Crippen molar-refractivity contribution in [2.24, 2.45) is 0 Å². The summed E-state index contributed by atoms with van der Waals surface area (Å²) in [6, 6.07) is 14.9. The van der Waals surface area contributed by atoms with Crippen LogP contribution in [0.4, 0.5) is 5.69 Å². The molecule has 0 bridgehead atoms. The summed E-state index contributed by atoms with van der Waals surface area (Å²) >= 11 is 1.29. The molecule has 34 heavy (non-hydrogen) atoms. The molecule has 0 unspecified atom stereocenters. The van der Waals surface area contributed by atoms with Gasteiger partial charge in [-0.1, -0.05) is 61.5 Å². The second-order valence-electron chi connectivity index (χ2n) is 8.41. The fraction of sp³-hybridized carbons (Fsp3) is 0.308. The summed E-state index contributed by atoms with van der Waals surface area (Å²) in [5, 5.41) is 15.0. The molecule has 0 aliphatic rings. The van der Waals surface area contributed by atoms with Gasteiger partial charge in [-0.3, -0.25) is 9.59 Å². The number of carbonyl (C=O) groups excluding carboxylic acids is 2. The fourth-order valence-corrected chi connectivity index (χ4v) is 4.11. The molecule has 0 saturated heterocycles. The van der Waals surface area contributed by atoms with E-state index in [9.17, 15) is 9.59 Å². The van der Waals surface area contributed by atoms with Crippen molar-refractivity contribution in [3.63, 3.8) is 0 Å². The molecule has 2 N–H and O–H groups in total. The van der Waals surface area contributed by atoms with Crippen LogP contribution >= 0.6 is 11.8 Å². The summed E-state index contributed by atoms with van der Waals surface area (Å²) in [6.07, 6.45) is 1.74. The molecular weight excluding hydrogens is 446 g/mol. The third-order valence-corrected chi connectivity index (χ3v) is 6.27. The van der Waals surface area contributed by atoms with Crippen LogP contribution in [0.3, 0.4) is 0 Å². The van der Waals surface area contributed by atoms with Gasteiger partial charge in [-0.05, 0) is 49.6 Å². The topological polar surface area (TPSA) is 88.9 Å². The zero-order chi connectivity index (χ0) is 24.7. The number of hydrogen-bond donors (Lipinski definition) is 2. The highest BCUT2D eigenvalue weighted by atomic mass is 32.2. The van der Waals surface area contributed by atoms with E-state index in [4.69, 9.17) is 0 Å². The average Bonchev–Trinajstić information content (AvgIpc) is 3.21. The Balaban J connectivity index is 1.63. The van der Waals surface area contributed by atoms with E-state index >= 15 is 0 Å². The number of carbonyl (C=O) groups is 2. The number of benzene rings is 2. The van der Waals surface area contributed by atoms with Gasteiger partial charge in [0.05, 0.1) is 11.8 Å². The van der Waals surface area contributed by atoms with Gasteiger partial charge < -0.3 is 15.2 Å². The third kappa shape index (κ3) is 6.57. The maximum absolute atomic E-state index is 12.6. The lowest BCUT2D eigenvalue weighted by Crippen LogP contribution is -2.28. The van der Waals surface area contributed by atoms with Crippen LogP contribution in [-0.4, -0.2) is 32.3 Å². The first kappa shape index (κ1) is 25.2. The van der Waals surface area contributed by atoms with Crippen LogP contribution in [0.5, 0.6) is 0 Å². The minimum atomic E-state index is -0.371. The van der Waals surface area contributed by atoms with E-state index in [2.05, 4.69) is 41.3 Å². The molecule has 3 aromatic rings. The molecule has 2 amide bonds. The second kappa shape index (κ2) is 11.7. The molecule has 0 spiro atoms. The minimum Gasteiger partial charge on any atom is -0.342 e. The Morgan fingerprint density at radius 3 is 2.35 bits per heavy atom. The molecule has 8 heteroatoms. The Labute approximate surface area is 205 Å². The largest absolute Gasteiger partial charge is 0.342 e. The van der Waals surface area contributed by atoms with E-state index in [1.165, 1.54) is 17.3 Å². The molecule has 1 atom stereocenters. The molecule has 1 heterocycles. The molecule has 7 nitrogen and oxygen atoms in total. The summed E-state index contributed by atoms with van der Waals surface area (Å²) in [5.41, 5.74) is 3.66. The van der Waals surface area contributed by atoms with Crippen LogP contribution in [-0.2, 0) is 11.3 Å². The summed E-state index contributed by atoms with van der Waals surface area (Å²) in [4.78, 5) is 25.1. The lowest BCUT2D eigenvalue weighted by Gasteiger charge is -2.15. The lowest BCUT2D eigenvalue weighted by molar-refractivity contribution is -0.113. The average molecular weight is 478 g/mol. The first-order valence-corrected chi connectivity index (χ1v) is 12.2. The molecule has 1 aromatic heterocycles. The van der Waals surface area contributed by atoms with Crippen molar-refractivity contribution >= 4 is 29.3 Å². The Bertz CT molecular complexity index is 1140. The molecule has 0 radical (unpaired) electrons. The van der Waals surface area contributed by atoms with Gasteiger partial charge in [0.1, 0.15) is 0 Å². The van der Waals surface area contributed by atoms with Crippen LogP contribution in [0.25, 0.3) is 0 Å². The first-order valence-electron chi connectivity index (χ1n) is 11.2. The van der Waals surface area contributed by atoms with E-state index in [1.54, 1.807) is 18.2 Å². The van der Waals surface area contributed by atoms with E-state index in [0.717, 1.165) is 11.3 Å². The van der Waals surface area contributed by atoms with Crippen molar-refractivity contribution in [1.29, 1.82) is 0 Å². The van der Waals surface area contributed by atoms with Crippen molar-refractivity contribution < 1.29 is 9.59 Å². The maximum atomic E-state index is 12.6. The molecule has 0 saturated carbocycles. The molecule has 0 fully saturated rings. The van der Waals surface area contributed by atoms with E-state index in [1.807, 2.05) is 54.8 Å². The van der Waals surface area contributed by atoms with Gasteiger partial charge in [-0.15, -0.1) is 16.8 Å². The van der Waals surface area contributed by atoms with Crippen LogP contribution in [0, 0.1) is 6.92 Å². The van der Waals surface area contributed by atoms with Crippen molar-refractivity contribution in [3.05, 3.63) is 83.7 Å². The predicted molar refractivity (Wildman–Crippen MR) is 137 cm³/mol. The Kier molecular flexibility index (Phi) is 8.65. The summed E-state index contributed by atoms with van der Waals surface area (Å²) in [6.45, 7) is 12.4. The minimum absolute atomic E-state index is 0.127. The highest BCUT2D eigenvalue weighted by Crippen LogP contribution is 2.22.